The minimum absolute atomic E-state index is 0.0147. The molecular weight excluding hydrogens is 464 g/mol. The Hall–Kier alpha value is -2.22. The summed E-state index contributed by atoms with van der Waals surface area (Å²) >= 11 is 0. The maximum absolute atomic E-state index is 9.95. The highest BCUT2D eigenvalue weighted by Gasteiger charge is 2.41. The molecule has 3 atom stereocenters. The predicted octanol–water partition coefficient (Wildman–Crippen LogP) is 4.69. The highest BCUT2D eigenvalue weighted by Crippen LogP contribution is 2.48. The van der Waals surface area contributed by atoms with Crippen molar-refractivity contribution in [2.75, 3.05) is 18.1 Å². The molecule has 0 radical (unpaired) electrons. The molecule has 208 valence electrons. The largest absolute Gasteiger partial charge is 0.396 e. The van der Waals surface area contributed by atoms with Crippen LogP contribution in [-0.4, -0.2) is 31.9 Å². The van der Waals surface area contributed by atoms with Gasteiger partial charge in [0.25, 0.3) is 0 Å². The monoisotopic (exact) mass is 514 g/mol. The van der Waals surface area contributed by atoms with Gasteiger partial charge < -0.3 is 26.8 Å². The molecular formula is C30H50N4O3. The Bertz CT molecular complexity index is 1010. The number of aryl methyl sites for hydroxylation is 2. The number of pyridine rings is 2. The summed E-state index contributed by atoms with van der Waals surface area (Å²) in [5.74, 6) is 2.18. The van der Waals surface area contributed by atoms with E-state index in [2.05, 4.69) is 58.4 Å². The number of rotatable bonds is 12. The van der Waals surface area contributed by atoms with Crippen molar-refractivity contribution in [3.8, 4) is 0 Å². The molecule has 0 aromatic carbocycles. The van der Waals surface area contributed by atoms with E-state index in [1.54, 1.807) is 0 Å². The van der Waals surface area contributed by atoms with Gasteiger partial charge in [-0.25, -0.2) is 9.97 Å². The molecule has 0 bridgehead atoms. The minimum Gasteiger partial charge on any atom is -0.396 e. The van der Waals surface area contributed by atoms with Gasteiger partial charge in [0.15, 0.2) is 0 Å². The van der Waals surface area contributed by atoms with Crippen LogP contribution >= 0.6 is 0 Å². The maximum atomic E-state index is 9.95. The molecule has 0 amide bonds. The average molecular weight is 515 g/mol. The molecule has 2 aromatic heterocycles. The average Bonchev–Trinajstić information content (AvgIpc) is 2.80. The molecule has 0 saturated heterocycles. The van der Waals surface area contributed by atoms with Crippen molar-refractivity contribution in [1.29, 1.82) is 0 Å². The number of nitrogen functional groups attached to an aromatic ring is 2. The molecule has 2 rings (SSSR count). The molecule has 7 N–H and O–H groups in total. The van der Waals surface area contributed by atoms with Gasteiger partial charge in [-0.15, -0.1) is 0 Å². The van der Waals surface area contributed by atoms with Crippen molar-refractivity contribution < 1.29 is 15.3 Å². The van der Waals surface area contributed by atoms with E-state index >= 15 is 0 Å². The number of aliphatic hydroxyl groups excluding tert-OH is 3. The Morgan fingerprint density at radius 2 is 1.38 bits per heavy atom. The molecule has 2 aromatic rings. The first-order valence-electron chi connectivity index (χ1n) is 13.6. The Balaban J connectivity index is 2.31. The molecule has 0 fully saturated rings. The van der Waals surface area contributed by atoms with E-state index in [0.29, 0.717) is 47.2 Å². The standard InChI is InChI=1S/C30H50N4O3/c1-19(8-9-20-10-12-23(17-36)33-27(20)31)26(30(5,6)7)24(29(2,3)4)13-11-21-16-22(14-15-35)28(32)34-25(21)18-37/h10,12,16,19,24,26,35-37H,8-9,11,13-15,17-18H2,1-7H3,(H2,31,33)(H2,32,34). The van der Waals surface area contributed by atoms with Crippen molar-refractivity contribution in [3.63, 3.8) is 0 Å². The van der Waals surface area contributed by atoms with Crippen LogP contribution in [0.2, 0.25) is 0 Å². The van der Waals surface area contributed by atoms with Crippen LogP contribution in [0.25, 0.3) is 0 Å². The zero-order valence-corrected chi connectivity index (χ0v) is 24.0. The number of anilines is 2. The van der Waals surface area contributed by atoms with Gasteiger partial charge in [-0.2, -0.15) is 0 Å². The summed E-state index contributed by atoms with van der Waals surface area (Å²) in [6, 6.07) is 5.85. The summed E-state index contributed by atoms with van der Waals surface area (Å²) in [5.41, 5.74) is 16.5. The van der Waals surface area contributed by atoms with Crippen molar-refractivity contribution in [2.45, 2.75) is 93.8 Å². The van der Waals surface area contributed by atoms with Crippen LogP contribution in [0.15, 0.2) is 18.2 Å². The first-order chi connectivity index (χ1) is 17.2. The van der Waals surface area contributed by atoms with Gasteiger partial charge in [0.2, 0.25) is 0 Å². The second-order valence-corrected chi connectivity index (χ2v) is 12.7. The van der Waals surface area contributed by atoms with E-state index in [1.165, 1.54) is 0 Å². The zero-order chi connectivity index (χ0) is 28.0. The summed E-state index contributed by atoms with van der Waals surface area (Å²) in [7, 11) is 0. The Morgan fingerprint density at radius 1 is 0.757 bits per heavy atom. The van der Waals surface area contributed by atoms with Gasteiger partial charge in [0.05, 0.1) is 24.6 Å². The molecule has 7 heteroatoms. The fourth-order valence-corrected chi connectivity index (χ4v) is 6.05. The maximum Gasteiger partial charge on any atom is 0.127 e. The zero-order valence-electron chi connectivity index (χ0n) is 24.0. The van der Waals surface area contributed by atoms with E-state index in [9.17, 15) is 15.3 Å². The highest BCUT2D eigenvalue weighted by atomic mass is 16.3. The number of aromatic nitrogens is 2. The molecule has 7 nitrogen and oxygen atoms in total. The molecule has 0 aliphatic heterocycles. The first-order valence-corrected chi connectivity index (χ1v) is 13.6. The lowest BCUT2D eigenvalue weighted by Crippen LogP contribution is -2.40. The van der Waals surface area contributed by atoms with Crippen LogP contribution in [-0.2, 0) is 32.5 Å². The van der Waals surface area contributed by atoms with Crippen LogP contribution in [0.5, 0.6) is 0 Å². The molecule has 0 spiro atoms. The van der Waals surface area contributed by atoms with Gasteiger partial charge in [0, 0.05) is 6.61 Å². The third-order valence-corrected chi connectivity index (χ3v) is 7.82. The first kappa shape index (κ1) is 31.0. The van der Waals surface area contributed by atoms with Crippen molar-refractivity contribution in [1.82, 2.24) is 9.97 Å². The van der Waals surface area contributed by atoms with Crippen LogP contribution < -0.4 is 11.5 Å². The van der Waals surface area contributed by atoms with Crippen LogP contribution in [0.1, 0.15) is 89.4 Å². The summed E-state index contributed by atoms with van der Waals surface area (Å²) in [5, 5.41) is 28.7. The fraction of sp³-hybridized carbons (Fsp3) is 0.667. The minimum atomic E-state index is -0.150. The SMILES string of the molecule is CC(CCc1ccc(CO)nc1N)C(C(CCc1cc(CCO)c(N)nc1CO)C(C)(C)C)C(C)(C)C. The second-order valence-electron chi connectivity index (χ2n) is 12.7. The molecule has 3 unspecified atom stereocenters. The number of hydrogen-bond donors (Lipinski definition) is 5. The Morgan fingerprint density at radius 3 is 1.89 bits per heavy atom. The number of aliphatic hydroxyl groups is 3. The van der Waals surface area contributed by atoms with Crippen LogP contribution in [0.3, 0.4) is 0 Å². The molecule has 0 saturated carbocycles. The fourth-order valence-electron chi connectivity index (χ4n) is 6.05. The quantitative estimate of drug-likeness (QED) is 0.277. The van der Waals surface area contributed by atoms with Crippen molar-refractivity contribution in [3.05, 3.63) is 46.3 Å². The van der Waals surface area contributed by atoms with Crippen molar-refractivity contribution >= 4 is 11.6 Å². The molecule has 2 heterocycles. The Labute approximate surface area is 223 Å². The van der Waals surface area contributed by atoms with Gasteiger partial charge in [0.1, 0.15) is 11.6 Å². The van der Waals surface area contributed by atoms with Gasteiger partial charge in [-0.1, -0.05) is 60.6 Å². The summed E-state index contributed by atoms with van der Waals surface area (Å²) in [4.78, 5) is 8.77. The van der Waals surface area contributed by atoms with E-state index < -0.39 is 0 Å². The van der Waals surface area contributed by atoms with E-state index in [4.69, 9.17) is 11.5 Å². The third-order valence-electron chi connectivity index (χ3n) is 7.82. The van der Waals surface area contributed by atoms with E-state index in [1.807, 2.05) is 18.2 Å². The molecule has 0 aliphatic rings. The summed E-state index contributed by atoms with van der Waals surface area (Å²) in [6.07, 6.45) is 4.05. The van der Waals surface area contributed by atoms with E-state index in [0.717, 1.165) is 42.4 Å². The summed E-state index contributed by atoms with van der Waals surface area (Å²) < 4.78 is 0. The summed E-state index contributed by atoms with van der Waals surface area (Å²) in [6.45, 7) is 16.1. The lowest BCUT2D eigenvalue weighted by Gasteiger charge is -2.47. The second kappa shape index (κ2) is 13.0. The normalized spacial score (nSPS) is 15.0. The van der Waals surface area contributed by atoms with Gasteiger partial charge in [-0.3, -0.25) is 0 Å². The van der Waals surface area contributed by atoms with Gasteiger partial charge in [-0.05, 0) is 83.4 Å². The van der Waals surface area contributed by atoms with Crippen LogP contribution in [0.4, 0.5) is 11.6 Å². The highest BCUT2D eigenvalue weighted by molar-refractivity contribution is 5.44. The van der Waals surface area contributed by atoms with E-state index in [-0.39, 0.29) is 30.7 Å². The molecule has 37 heavy (non-hydrogen) atoms. The van der Waals surface area contributed by atoms with Gasteiger partial charge >= 0.3 is 0 Å². The smallest absolute Gasteiger partial charge is 0.127 e. The molecule has 0 aliphatic carbocycles. The lowest BCUT2D eigenvalue weighted by molar-refractivity contribution is 0.0219. The number of nitrogens with two attached hydrogens (primary N) is 2. The third kappa shape index (κ3) is 8.39. The number of nitrogens with zero attached hydrogens (tertiary/aromatic N) is 2. The number of hydrogen-bond acceptors (Lipinski definition) is 7. The van der Waals surface area contributed by atoms with Crippen molar-refractivity contribution in [2.24, 2.45) is 28.6 Å². The Kier molecular flexibility index (Phi) is 10.9. The van der Waals surface area contributed by atoms with Crippen LogP contribution in [0, 0.1) is 28.6 Å². The lowest BCUT2D eigenvalue weighted by atomic mass is 9.58. The topological polar surface area (TPSA) is 139 Å². The predicted molar refractivity (Wildman–Crippen MR) is 152 cm³/mol.